The molecule has 0 atom stereocenters. The molecule has 0 aliphatic rings. The predicted molar refractivity (Wildman–Crippen MR) is 70.7 cm³/mol. The van der Waals surface area contributed by atoms with E-state index in [0.717, 1.165) is 13.2 Å². The van der Waals surface area contributed by atoms with E-state index in [4.69, 9.17) is 5.11 Å². The quantitative estimate of drug-likeness (QED) is 0.452. The molecule has 0 aromatic heterocycles. The highest BCUT2D eigenvalue weighted by Crippen LogP contribution is 2.55. The van der Waals surface area contributed by atoms with Crippen molar-refractivity contribution in [1.29, 1.82) is 0 Å². The van der Waals surface area contributed by atoms with Gasteiger partial charge in [0.05, 0.1) is 12.7 Å². The number of allylic oxidation sites excluding steroid dienone is 1. The van der Waals surface area contributed by atoms with Crippen LogP contribution in [0.2, 0.25) is 0 Å². The molecule has 0 aliphatic heterocycles. The third-order valence-electron chi connectivity index (χ3n) is 3.16. The minimum absolute atomic E-state index is 0.359. The van der Waals surface area contributed by atoms with Gasteiger partial charge in [-0.3, -0.25) is 0 Å². The van der Waals surface area contributed by atoms with E-state index < -0.39 is 58.8 Å². The first kappa shape index (κ1) is 24.3. The standard InChI is InChI=1S/C14H7F11O4/c1-28-6-2-5(10(26)27)3-7(4-6)29-9(16)8(15)11(17,18)12(19,20)13(21,22)14(23,24)25/h2-4H,1H3,(H,26,27). The zero-order valence-electron chi connectivity index (χ0n) is 13.6. The number of carboxylic acids is 1. The molecule has 164 valence electrons. The number of halogens is 11. The van der Waals surface area contributed by atoms with Crippen molar-refractivity contribution in [3.8, 4) is 11.5 Å². The molecule has 0 aliphatic carbocycles. The van der Waals surface area contributed by atoms with Gasteiger partial charge in [0.15, 0.2) is 0 Å². The molecule has 0 heterocycles. The van der Waals surface area contributed by atoms with Crippen molar-refractivity contribution < 1.29 is 67.7 Å². The lowest BCUT2D eigenvalue weighted by Gasteiger charge is -2.32. The van der Waals surface area contributed by atoms with Crippen LogP contribution in [0.3, 0.4) is 0 Å². The summed E-state index contributed by atoms with van der Waals surface area (Å²) in [5, 5.41) is 8.77. The first-order chi connectivity index (χ1) is 12.9. The number of alkyl halides is 9. The van der Waals surface area contributed by atoms with Crippen LogP contribution in [0.25, 0.3) is 0 Å². The summed E-state index contributed by atoms with van der Waals surface area (Å²) in [7, 11) is 0.936. The number of hydrogen-bond donors (Lipinski definition) is 1. The molecule has 0 saturated heterocycles. The van der Waals surface area contributed by atoms with Crippen LogP contribution in [-0.2, 0) is 0 Å². The van der Waals surface area contributed by atoms with E-state index >= 15 is 0 Å². The monoisotopic (exact) mass is 448 g/mol. The minimum atomic E-state index is -7.45. The molecule has 0 fully saturated rings. The SMILES string of the molecule is COc1cc(OC(F)=C(F)C(F)(F)C(F)(F)C(F)(F)C(F)(F)F)cc(C(=O)O)c1. The molecular weight excluding hydrogens is 441 g/mol. The molecule has 15 heteroatoms. The Morgan fingerprint density at radius 3 is 1.76 bits per heavy atom. The highest BCUT2D eigenvalue weighted by molar-refractivity contribution is 5.88. The van der Waals surface area contributed by atoms with Crippen LogP contribution >= 0.6 is 0 Å². The first-order valence-electron chi connectivity index (χ1n) is 6.76. The molecule has 0 spiro atoms. The van der Waals surface area contributed by atoms with Crippen molar-refractivity contribution in [2.45, 2.75) is 23.9 Å². The van der Waals surface area contributed by atoms with Crippen LogP contribution in [0.5, 0.6) is 11.5 Å². The summed E-state index contributed by atoms with van der Waals surface area (Å²) in [5.41, 5.74) is -0.756. The smallest absolute Gasteiger partial charge is 0.460 e. The van der Waals surface area contributed by atoms with Crippen LogP contribution in [-0.4, -0.2) is 42.1 Å². The van der Waals surface area contributed by atoms with E-state index in [-0.39, 0.29) is 0 Å². The molecule has 29 heavy (non-hydrogen) atoms. The zero-order valence-corrected chi connectivity index (χ0v) is 13.6. The molecule has 0 bridgehead atoms. The van der Waals surface area contributed by atoms with Crippen LogP contribution in [0.4, 0.5) is 48.3 Å². The summed E-state index contributed by atoms with van der Waals surface area (Å²) in [6.45, 7) is 0. The molecule has 0 amide bonds. The summed E-state index contributed by atoms with van der Waals surface area (Å²) >= 11 is 0. The molecule has 1 rings (SSSR count). The fraction of sp³-hybridized carbons (Fsp3) is 0.357. The third kappa shape index (κ3) is 4.32. The lowest BCUT2D eigenvalue weighted by atomic mass is 10.0. The van der Waals surface area contributed by atoms with Crippen molar-refractivity contribution in [2.75, 3.05) is 7.11 Å². The largest absolute Gasteiger partial charge is 0.497 e. The molecule has 1 N–H and O–H groups in total. The van der Waals surface area contributed by atoms with Crippen molar-refractivity contribution in [1.82, 2.24) is 0 Å². The number of methoxy groups -OCH3 is 1. The van der Waals surface area contributed by atoms with Gasteiger partial charge in [0, 0.05) is 6.07 Å². The second-order valence-electron chi connectivity index (χ2n) is 5.11. The normalized spacial score (nSPS) is 14.3. The lowest BCUT2D eigenvalue weighted by molar-refractivity contribution is -0.392. The molecular formula is C14H7F11O4. The predicted octanol–water partition coefficient (Wildman–Crippen LogP) is 5.35. The number of carbonyl (C=O) groups is 1. The second kappa shape index (κ2) is 7.59. The lowest BCUT2D eigenvalue weighted by Crippen LogP contribution is -2.61. The minimum Gasteiger partial charge on any atom is -0.497 e. The summed E-state index contributed by atoms with van der Waals surface area (Å²) < 4.78 is 149. The van der Waals surface area contributed by atoms with E-state index in [1.54, 1.807) is 0 Å². The van der Waals surface area contributed by atoms with Gasteiger partial charge >= 0.3 is 35.9 Å². The maximum absolute atomic E-state index is 13.5. The Morgan fingerprint density at radius 2 is 1.34 bits per heavy atom. The van der Waals surface area contributed by atoms with Crippen LogP contribution in [0.1, 0.15) is 10.4 Å². The van der Waals surface area contributed by atoms with Crippen LogP contribution < -0.4 is 9.47 Å². The van der Waals surface area contributed by atoms with Gasteiger partial charge < -0.3 is 14.6 Å². The van der Waals surface area contributed by atoms with Crippen molar-refractivity contribution in [2.24, 2.45) is 0 Å². The Bertz CT molecular complexity index is 814. The Labute approximate surface area is 153 Å². The van der Waals surface area contributed by atoms with Gasteiger partial charge in [-0.2, -0.15) is 48.3 Å². The van der Waals surface area contributed by atoms with Crippen molar-refractivity contribution in [3.63, 3.8) is 0 Å². The maximum Gasteiger partial charge on any atom is 0.460 e. The number of benzene rings is 1. The van der Waals surface area contributed by atoms with Gasteiger partial charge in [-0.15, -0.1) is 0 Å². The van der Waals surface area contributed by atoms with Gasteiger partial charge in [-0.25, -0.2) is 4.79 Å². The molecule has 4 nitrogen and oxygen atoms in total. The Morgan fingerprint density at radius 1 is 0.862 bits per heavy atom. The second-order valence-corrected chi connectivity index (χ2v) is 5.11. The highest BCUT2D eigenvalue weighted by Gasteiger charge is 2.83. The van der Waals surface area contributed by atoms with E-state index in [9.17, 15) is 53.1 Å². The number of ether oxygens (including phenoxy) is 2. The molecule has 0 radical (unpaired) electrons. The van der Waals surface area contributed by atoms with E-state index in [2.05, 4.69) is 9.47 Å². The van der Waals surface area contributed by atoms with Gasteiger partial charge in [0.2, 0.25) is 5.83 Å². The molecule has 0 unspecified atom stereocenters. The van der Waals surface area contributed by atoms with Crippen molar-refractivity contribution in [3.05, 3.63) is 35.6 Å². The van der Waals surface area contributed by atoms with Crippen LogP contribution in [0.15, 0.2) is 30.0 Å². The number of hydrogen-bond acceptors (Lipinski definition) is 3. The summed E-state index contributed by atoms with van der Waals surface area (Å²) in [6, 6.07) is -1.64. The van der Waals surface area contributed by atoms with E-state index in [1.165, 1.54) is 0 Å². The topological polar surface area (TPSA) is 55.8 Å². The van der Waals surface area contributed by atoms with Gasteiger partial charge in [0.25, 0.3) is 0 Å². The van der Waals surface area contributed by atoms with Gasteiger partial charge in [-0.1, -0.05) is 0 Å². The summed E-state index contributed by atoms with van der Waals surface area (Å²) in [5.74, 6) is -29.3. The van der Waals surface area contributed by atoms with Gasteiger partial charge in [-0.05, 0) is 12.1 Å². The summed E-state index contributed by atoms with van der Waals surface area (Å²) in [6.07, 6.45) is -7.24. The highest BCUT2D eigenvalue weighted by atomic mass is 19.4. The fourth-order valence-corrected chi connectivity index (χ4v) is 1.66. The zero-order chi connectivity index (χ0) is 23.0. The number of aromatic carboxylic acids is 1. The van der Waals surface area contributed by atoms with E-state index in [1.807, 2.05) is 0 Å². The van der Waals surface area contributed by atoms with Crippen molar-refractivity contribution >= 4 is 5.97 Å². The Balaban J connectivity index is 3.41. The molecule has 1 aromatic rings. The fourth-order valence-electron chi connectivity index (χ4n) is 1.66. The number of rotatable bonds is 7. The number of carboxylic acid groups (broad SMARTS) is 1. The van der Waals surface area contributed by atoms with E-state index in [0.29, 0.717) is 12.1 Å². The van der Waals surface area contributed by atoms with Gasteiger partial charge in [0.1, 0.15) is 11.5 Å². The first-order valence-corrected chi connectivity index (χ1v) is 6.76. The average molecular weight is 448 g/mol. The molecule has 1 aromatic carbocycles. The third-order valence-corrected chi connectivity index (χ3v) is 3.16. The Kier molecular flexibility index (Phi) is 6.36. The van der Waals surface area contributed by atoms with Crippen LogP contribution in [0, 0.1) is 0 Å². The Hall–Kier alpha value is -2.74. The molecule has 0 saturated carbocycles. The summed E-state index contributed by atoms with van der Waals surface area (Å²) in [4.78, 5) is 10.8. The maximum atomic E-state index is 13.5. The average Bonchev–Trinajstić information content (AvgIpc) is 2.59.